The van der Waals surface area contributed by atoms with Gasteiger partial charge in [-0.2, -0.15) is 0 Å². The number of ether oxygens (including phenoxy) is 3. The predicted octanol–water partition coefficient (Wildman–Crippen LogP) is 1.40. The van der Waals surface area contributed by atoms with Crippen LogP contribution in [0.2, 0.25) is 0 Å². The molecule has 3 N–H and O–H groups in total. The van der Waals surface area contributed by atoms with Crippen molar-refractivity contribution in [2.24, 2.45) is 0 Å². The van der Waals surface area contributed by atoms with Crippen LogP contribution in [0.15, 0.2) is 30.6 Å². The lowest BCUT2D eigenvalue weighted by Gasteiger charge is -2.27. The first-order valence-electron chi connectivity index (χ1n) is 9.43. The van der Waals surface area contributed by atoms with E-state index in [1.54, 1.807) is 24.3 Å². The predicted molar refractivity (Wildman–Crippen MR) is 106 cm³/mol. The van der Waals surface area contributed by atoms with Crippen LogP contribution in [0.25, 0.3) is 0 Å². The van der Waals surface area contributed by atoms with Gasteiger partial charge in [0.2, 0.25) is 5.60 Å². The van der Waals surface area contributed by atoms with E-state index in [2.05, 4.69) is 14.9 Å². The van der Waals surface area contributed by atoms with Crippen molar-refractivity contribution >= 4 is 23.2 Å². The van der Waals surface area contributed by atoms with Gasteiger partial charge in [0.1, 0.15) is 17.9 Å². The Morgan fingerprint density at radius 2 is 2.00 bits per heavy atom. The summed E-state index contributed by atoms with van der Waals surface area (Å²) in [5, 5.41) is 8.63. The molecule has 0 bridgehead atoms. The van der Waals surface area contributed by atoms with Crippen LogP contribution in [0.3, 0.4) is 0 Å². The number of carbonyl (C=O) groups is 1. The Bertz CT molecular complexity index is 938. The van der Waals surface area contributed by atoms with Crippen LogP contribution in [0.4, 0.5) is 11.5 Å². The molecule has 2 aliphatic rings. The lowest BCUT2D eigenvalue weighted by Crippen LogP contribution is -2.36. The van der Waals surface area contributed by atoms with E-state index in [4.69, 9.17) is 25.4 Å². The normalized spacial score (nSPS) is 17.5. The monoisotopic (exact) mass is 397 g/mol. The van der Waals surface area contributed by atoms with Gasteiger partial charge >= 0.3 is 5.97 Å². The first kappa shape index (κ1) is 19.1. The van der Waals surface area contributed by atoms with E-state index in [1.807, 2.05) is 0 Å². The van der Waals surface area contributed by atoms with Gasteiger partial charge < -0.3 is 24.8 Å². The molecule has 9 heteroatoms. The molecule has 9 nitrogen and oxygen atoms in total. The highest BCUT2D eigenvalue weighted by atomic mass is 16.6. The molecule has 0 amide bonds. The van der Waals surface area contributed by atoms with E-state index in [0.717, 1.165) is 18.9 Å². The Kier molecular flexibility index (Phi) is 5.06. The molecule has 1 aromatic heterocycles. The van der Waals surface area contributed by atoms with Crippen molar-refractivity contribution in [1.82, 2.24) is 9.97 Å². The second-order valence-corrected chi connectivity index (χ2v) is 7.07. The average molecular weight is 397 g/mol. The summed E-state index contributed by atoms with van der Waals surface area (Å²) in [6.07, 6.45) is 2.65. The van der Waals surface area contributed by atoms with Gasteiger partial charge in [-0.05, 0) is 18.2 Å². The molecule has 2 aromatic rings. The van der Waals surface area contributed by atoms with Crippen LogP contribution in [0.5, 0.6) is 5.75 Å². The summed E-state index contributed by atoms with van der Waals surface area (Å²) in [6, 6.07) is 6.79. The summed E-state index contributed by atoms with van der Waals surface area (Å²) in [4.78, 5) is 22.6. The fourth-order valence-corrected chi connectivity index (χ4v) is 3.28. The Morgan fingerprint density at radius 3 is 2.69 bits per heavy atom. The van der Waals surface area contributed by atoms with Gasteiger partial charge in [0.25, 0.3) is 0 Å². The van der Waals surface area contributed by atoms with Gasteiger partial charge in [-0.3, -0.25) is 5.41 Å². The van der Waals surface area contributed by atoms with E-state index in [-0.39, 0.29) is 5.71 Å². The number of esters is 1. The van der Waals surface area contributed by atoms with Crippen molar-refractivity contribution in [2.45, 2.75) is 18.4 Å². The SMILES string of the molecule is COC(=O)C1(Oc2ccc(N)c(C(=N)c3cc(N4CCOCC4)ncn3)c2)CC1. The number of nitrogens with zero attached hydrogens (tertiary/aromatic N) is 3. The standard InChI is InChI=1S/C20H23N5O4/c1-27-19(26)20(4-5-20)29-13-2-3-15(21)14(10-13)18(22)16-11-17(24-12-23-16)25-6-8-28-9-7-25/h2-3,10-12,22H,4-9,21H2,1H3. The van der Waals surface area contributed by atoms with Gasteiger partial charge in [0.15, 0.2) is 0 Å². The lowest BCUT2D eigenvalue weighted by atomic mass is 10.0. The summed E-state index contributed by atoms with van der Waals surface area (Å²) < 4.78 is 16.1. The van der Waals surface area contributed by atoms with Crippen LogP contribution in [0.1, 0.15) is 24.1 Å². The number of anilines is 2. The van der Waals surface area contributed by atoms with Gasteiger partial charge in [0.05, 0.1) is 31.7 Å². The Balaban J connectivity index is 1.58. The van der Waals surface area contributed by atoms with Gasteiger partial charge in [0, 0.05) is 43.2 Å². The largest absolute Gasteiger partial charge is 0.476 e. The maximum Gasteiger partial charge on any atom is 0.350 e. The van der Waals surface area contributed by atoms with Crippen molar-refractivity contribution in [2.75, 3.05) is 44.0 Å². The molecule has 1 saturated heterocycles. The van der Waals surface area contributed by atoms with Crippen LogP contribution in [-0.4, -0.2) is 60.7 Å². The number of nitrogens with two attached hydrogens (primary N) is 1. The minimum Gasteiger partial charge on any atom is -0.476 e. The zero-order chi connectivity index (χ0) is 20.4. The summed E-state index contributed by atoms with van der Waals surface area (Å²) in [5.41, 5.74) is 6.71. The van der Waals surface area contributed by atoms with Crippen LogP contribution in [0, 0.1) is 5.41 Å². The second kappa shape index (κ2) is 7.67. The number of nitrogens with one attached hydrogen (secondary N) is 1. The highest BCUT2D eigenvalue weighted by Crippen LogP contribution is 2.41. The molecule has 1 aliphatic carbocycles. The number of nitrogen functional groups attached to an aromatic ring is 1. The molecule has 1 saturated carbocycles. The van der Waals surface area contributed by atoms with Crippen LogP contribution in [-0.2, 0) is 14.3 Å². The quantitative estimate of drug-likeness (QED) is 0.426. The maximum atomic E-state index is 12.0. The van der Waals surface area contributed by atoms with Crippen LogP contribution < -0.4 is 15.4 Å². The molecule has 2 fully saturated rings. The summed E-state index contributed by atoms with van der Waals surface area (Å²) >= 11 is 0. The smallest absolute Gasteiger partial charge is 0.350 e. The molecule has 0 atom stereocenters. The fraction of sp³-hybridized carbons (Fsp3) is 0.400. The van der Waals surface area contributed by atoms with Gasteiger partial charge in [-0.1, -0.05) is 0 Å². The lowest BCUT2D eigenvalue weighted by molar-refractivity contribution is -0.151. The number of carbonyl (C=O) groups excluding carboxylic acids is 1. The topological polar surface area (TPSA) is 124 Å². The molecule has 2 heterocycles. The molecule has 1 aromatic carbocycles. The zero-order valence-corrected chi connectivity index (χ0v) is 16.2. The van der Waals surface area contributed by atoms with Crippen molar-refractivity contribution in [3.8, 4) is 5.75 Å². The number of hydrogen-bond acceptors (Lipinski definition) is 9. The third-order valence-corrected chi connectivity index (χ3v) is 5.11. The van der Waals surface area contributed by atoms with Gasteiger partial charge in [-0.15, -0.1) is 0 Å². The minimum absolute atomic E-state index is 0.160. The van der Waals surface area contributed by atoms with E-state index >= 15 is 0 Å². The molecule has 152 valence electrons. The maximum absolute atomic E-state index is 12.0. The summed E-state index contributed by atoms with van der Waals surface area (Å²) in [5.74, 6) is 0.817. The Labute approximate surface area is 168 Å². The number of hydrogen-bond donors (Lipinski definition) is 2. The third kappa shape index (κ3) is 3.86. The molecule has 0 spiro atoms. The number of morpholine rings is 1. The highest BCUT2D eigenvalue weighted by Gasteiger charge is 2.54. The zero-order valence-electron chi connectivity index (χ0n) is 16.2. The van der Waals surface area contributed by atoms with Gasteiger partial charge in [-0.25, -0.2) is 14.8 Å². The van der Waals surface area contributed by atoms with Crippen molar-refractivity contribution in [1.29, 1.82) is 5.41 Å². The van der Waals surface area contributed by atoms with E-state index in [0.29, 0.717) is 48.7 Å². The molecule has 4 rings (SSSR count). The number of benzene rings is 1. The fourth-order valence-electron chi connectivity index (χ4n) is 3.28. The molecule has 1 aliphatic heterocycles. The number of rotatable bonds is 6. The molecule has 0 radical (unpaired) electrons. The molecular formula is C20H23N5O4. The Morgan fingerprint density at radius 1 is 1.24 bits per heavy atom. The number of methoxy groups -OCH3 is 1. The van der Waals surface area contributed by atoms with Crippen molar-refractivity contribution < 1.29 is 19.0 Å². The second-order valence-electron chi connectivity index (χ2n) is 7.07. The molecular weight excluding hydrogens is 374 g/mol. The van der Waals surface area contributed by atoms with E-state index in [9.17, 15) is 4.79 Å². The van der Waals surface area contributed by atoms with Crippen molar-refractivity contribution in [3.63, 3.8) is 0 Å². The van der Waals surface area contributed by atoms with Crippen LogP contribution >= 0.6 is 0 Å². The summed E-state index contributed by atoms with van der Waals surface area (Å²) in [7, 11) is 1.34. The first-order chi connectivity index (χ1) is 14.0. The molecule has 29 heavy (non-hydrogen) atoms. The Hall–Kier alpha value is -3.20. The van der Waals surface area contributed by atoms with E-state index in [1.165, 1.54) is 13.4 Å². The first-order valence-corrected chi connectivity index (χ1v) is 9.43. The minimum atomic E-state index is -0.928. The highest BCUT2D eigenvalue weighted by molar-refractivity contribution is 6.13. The average Bonchev–Trinajstić information content (AvgIpc) is 3.55. The van der Waals surface area contributed by atoms with Crippen molar-refractivity contribution in [3.05, 3.63) is 41.9 Å². The number of aromatic nitrogens is 2. The van der Waals surface area contributed by atoms with E-state index < -0.39 is 11.6 Å². The molecule has 0 unspecified atom stereocenters. The third-order valence-electron chi connectivity index (χ3n) is 5.11. The summed E-state index contributed by atoms with van der Waals surface area (Å²) in [6.45, 7) is 2.77.